The summed E-state index contributed by atoms with van der Waals surface area (Å²) in [7, 11) is 0. The molecule has 3 aliphatic rings. The van der Waals surface area contributed by atoms with Crippen LogP contribution in [0.3, 0.4) is 0 Å². The Kier molecular flexibility index (Phi) is 3.34. The summed E-state index contributed by atoms with van der Waals surface area (Å²) in [5.41, 5.74) is 0.938. The van der Waals surface area contributed by atoms with Gasteiger partial charge in [0.15, 0.2) is 0 Å². The molecule has 0 N–H and O–H groups in total. The lowest BCUT2D eigenvalue weighted by Crippen LogP contribution is -2.32. The van der Waals surface area contributed by atoms with E-state index in [0.717, 1.165) is 6.42 Å². The smallest absolute Gasteiger partial charge is 0.338 e. The first-order chi connectivity index (χ1) is 11.5. The van der Waals surface area contributed by atoms with Gasteiger partial charge >= 0.3 is 5.97 Å². The van der Waals surface area contributed by atoms with Gasteiger partial charge < -0.3 is 4.74 Å². The van der Waals surface area contributed by atoms with E-state index in [1.165, 1.54) is 4.90 Å². The third kappa shape index (κ3) is 2.11. The molecular weight excluding hydrogens is 306 g/mol. The van der Waals surface area contributed by atoms with Crippen LogP contribution in [0.25, 0.3) is 0 Å². The maximum Gasteiger partial charge on any atom is 0.338 e. The summed E-state index contributed by atoms with van der Waals surface area (Å²) in [6, 6.07) is 6.48. The number of ether oxygens (including phenoxy) is 1. The van der Waals surface area contributed by atoms with E-state index in [1.807, 2.05) is 0 Å². The standard InChI is InChI=1S/C19H19NO4/c1-10(2)24-19(23)11-5-7-14(8-6-11)20-17(21)15-12-3-4-13(9-12)16(15)18(20)22/h3-8,10,12-13,15-16H,9H2,1-2H3/t12-,13-,15-,16-/m0/s1. The highest BCUT2D eigenvalue weighted by molar-refractivity contribution is 6.22. The predicted octanol–water partition coefficient (Wildman–Crippen LogP) is 2.56. The third-order valence-corrected chi connectivity index (χ3v) is 5.17. The molecule has 1 aromatic carbocycles. The van der Waals surface area contributed by atoms with Crippen molar-refractivity contribution in [3.63, 3.8) is 0 Å². The fourth-order valence-electron chi connectivity index (χ4n) is 4.19. The summed E-state index contributed by atoms with van der Waals surface area (Å²) in [6.07, 6.45) is 4.87. The Balaban J connectivity index is 1.58. The zero-order chi connectivity index (χ0) is 17.0. The molecule has 0 radical (unpaired) electrons. The van der Waals surface area contributed by atoms with Crippen LogP contribution in [0.2, 0.25) is 0 Å². The molecule has 1 saturated heterocycles. The van der Waals surface area contributed by atoms with Crippen LogP contribution in [-0.2, 0) is 14.3 Å². The fraction of sp³-hybridized carbons (Fsp3) is 0.421. The van der Waals surface area contributed by atoms with Crippen molar-refractivity contribution in [2.45, 2.75) is 26.4 Å². The summed E-state index contributed by atoms with van der Waals surface area (Å²) in [6.45, 7) is 3.57. The van der Waals surface area contributed by atoms with Crippen LogP contribution in [0, 0.1) is 23.7 Å². The van der Waals surface area contributed by atoms with Gasteiger partial charge in [-0.3, -0.25) is 14.5 Å². The molecule has 0 aromatic heterocycles. The van der Waals surface area contributed by atoms with Gasteiger partial charge in [0.05, 0.1) is 29.2 Å². The van der Waals surface area contributed by atoms with Gasteiger partial charge in [-0.1, -0.05) is 12.2 Å². The average Bonchev–Trinajstić information content (AvgIpc) is 3.21. The number of carbonyl (C=O) groups excluding carboxylic acids is 3. The molecule has 2 fully saturated rings. The van der Waals surface area contributed by atoms with Crippen LogP contribution < -0.4 is 4.90 Å². The van der Waals surface area contributed by atoms with Gasteiger partial charge in [-0.2, -0.15) is 0 Å². The van der Waals surface area contributed by atoms with Crippen LogP contribution in [0.1, 0.15) is 30.6 Å². The lowest BCUT2D eigenvalue weighted by Gasteiger charge is -2.17. The molecule has 124 valence electrons. The summed E-state index contributed by atoms with van der Waals surface area (Å²) in [4.78, 5) is 38.6. The largest absolute Gasteiger partial charge is 0.459 e. The number of nitrogens with zero attached hydrogens (tertiary/aromatic N) is 1. The van der Waals surface area contributed by atoms with Crippen LogP contribution in [0.15, 0.2) is 36.4 Å². The average molecular weight is 325 g/mol. The van der Waals surface area contributed by atoms with E-state index in [9.17, 15) is 14.4 Å². The van der Waals surface area contributed by atoms with Crippen LogP contribution in [0.5, 0.6) is 0 Å². The zero-order valence-corrected chi connectivity index (χ0v) is 13.6. The Morgan fingerprint density at radius 3 is 2.08 bits per heavy atom. The van der Waals surface area contributed by atoms with Gasteiger partial charge in [-0.25, -0.2) is 4.79 Å². The highest BCUT2D eigenvalue weighted by Gasteiger charge is 2.59. The summed E-state index contributed by atoms with van der Waals surface area (Å²) < 4.78 is 5.15. The van der Waals surface area contributed by atoms with Gasteiger partial charge in [-0.05, 0) is 56.4 Å². The van der Waals surface area contributed by atoms with E-state index in [4.69, 9.17) is 4.74 Å². The highest BCUT2D eigenvalue weighted by atomic mass is 16.5. The number of allylic oxidation sites excluding steroid dienone is 2. The summed E-state index contributed by atoms with van der Waals surface area (Å²) in [5, 5.41) is 0. The lowest BCUT2D eigenvalue weighted by atomic mass is 9.85. The maximum absolute atomic E-state index is 12.7. The molecule has 5 heteroatoms. The first-order valence-electron chi connectivity index (χ1n) is 8.34. The van der Waals surface area contributed by atoms with Gasteiger partial charge in [0.1, 0.15) is 0 Å². The van der Waals surface area contributed by atoms with E-state index in [0.29, 0.717) is 11.3 Å². The molecular formula is C19H19NO4. The van der Waals surface area contributed by atoms with Crippen molar-refractivity contribution in [3.05, 3.63) is 42.0 Å². The van der Waals surface area contributed by atoms with E-state index in [1.54, 1.807) is 38.1 Å². The first kappa shape index (κ1) is 15.1. The van der Waals surface area contributed by atoms with E-state index in [2.05, 4.69) is 12.2 Å². The third-order valence-electron chi connectivity index (χ3n) is 5.17. The number of amides is 2. The zero-order valence-electron chi connectivity index (χ0n) is 13.6. The Labute approximate surface area is 140 Å². The van der Waals surface area contributed by atoms with E-state index in [-0.39, 0.29) is 41.6 Å². The molecule has 1 aliphatic heterocycles. The van der Waals surface area contributed by atoms with Crippen molar-refractivity contribution in [1.82, 2.24) is 0 Å². The quantitative estimate of drug-likeness (QED) is 0.487. The van der Waals surface area contributed by atoms with Crippen molar-refractivity contribution in [3.8, 4) is 0 Å². The minimum Gasteiger partial charge on any atom is -0.459 e. The molecule has 1 saturated carbocycles. The second kappa shape index (κ2) is 5.30. The number of imide groups is 1. The van der Waals surface area contributed by atoms with Crippen LogP contribution >= 0.6 is 0 Å². The Morgan fingerprint density at radius 1 is 1.04 bits per heavy atom. The second-order valence-electron chi connectivity index (χ2n) is 7.01. The number of carbonyl (C=O) groups is 3. The molecule has 4 rings (SSSR count). The Bertz CT molecular complexity index is 719. The topological polar surface area (TPSA) is 63.7 Å². The van der Waals surface area contributed by atoms with Crippen LogP contribution in [-0.4, -0.2) is 23.9 Å². The van der Waals surface area contributed by atoms with Crippen molar-refractivity contribution in [1.29, 1.82) is 0 Å². The minimum atomic E-state index is -0.408. The van der Waals surface area contributed by atoms with Gasteiger partial charge in [0, 0.05) is 0 Å². The lowest BCUT2D eigenvalue weighted by molar-refractivity contribution is -0.123. The number of fused-ring (bicyclic) bond motifs is 5. The summed E-state index contributed by atoms with van der Waals surface area (Å²) in [5.74, 6) is -0.659. The van der Waals surface area contributed by atoms with Gasteiger partial charge in [0.2, 0.25) is 11.8 Å². The molecule has 2 amide bonds. The maximum atomic E-state index is 12.7. The molecule has 2 bridgehead atoms. The molecule has 4 atom stereocenters. The number of rotatable bonds is 3. The second-order valence-corrected chi connectivity index (χ2v) is 7.01. The Hall–Kier alpha value is -2.43. The van der Waals surface area contributed by atoms with E-state index < -0.39 is 5.97 Å². The molecule has 24 heavy (non-hydrogen) atoms. The molecule has 2 aliphatic carbocycles. The monoisotopic (exact) mass is 325 g/mol. The van der Waals surface area contributed by atoms with Crippen LogP contribution in [0.4, 0.5) is 5.69 Å². The highest BCUT2D eigenvalue weighted by Crippen LogP contribution is 2.53. The fourth-order valence-corrected chi connectivity index (χ4v) is 4.19. The first-order valence-corrected chi connectivity index (χ1v) is 8.34. The number of anilines is 1. The van der Waals surface area contributed by atoms with Crippen molar-refractivity contribution in [2.75, 3.05) is 4.90 Å². The molecule has 1 heterocycles. The minimum absolute atomic E-state index is 0.112. The Morgan fingerprint density at radius 2 is 1.58 bits per heavy atom. The van der Waals surface area contributed by atoms with E-state index >= 15 is 0 Å². The van der Waals surface area contributed by atoms with Gasteiger partial charge in [0.25, 0.3) is 0 Å². The SMILES string of the molecule is CC(C)OC(=O)c1ccc(N2C(=O)[C@@H]3[C@@H](C2=O)[C@H]2C=C[C@H]3C2)cc1. The molecule has 0 unspecified atom stereocenters. The van der Waals surface area contributed by atoms with Crippen molar-refractivity contribution >= 4 is 23.5 Å². The van der Waals surface area contributed by atoms with Gasteiger partial charge in [-0.15, -0.1) is 0 Å². The summed E-state index contributed by atoms with van der Waals surface area (Å²) >= 11 is 0. The normalized spacial score (nSPS) is 30.4. The van der Waals surface area contributed by atoms with Crippen molar-refractivity contribution < 1.29 is 19.1 Å². The molecule has 0 spiro atoms. The number of hydrogen-bond acceptors (Lipinski definition) is 4. The number of esters is 1. The molecule has 1 aromatic rings. The molecule has 5 nitrogen and oxygen atoms in total. The number of hydrogen-bond donors (Lipinski definition) is 0. The number of benzene rings is 1. The van der Waals surface area contributed by atoms with Crippen molar-refractivity contribution in [2.24, 2.45) is 23.7 Å². The predicted molar refractivity (Wildman–Crippen MR) is 87.2 cm³/mol.